The number of aliphatic imine (C=N–C) groups is 1. The molecule has 1 fully saturated rings. The van der Waals surface area contributed by atoms with Crippen molar-refractivity contribution in [1.82, 2.24) is 10.6 Å². The van der Waals surface area contributed by atoms with Crippen LogP contribution in [0.15, 0.2) is 4.99 Å². The van der Waals surface area contributed by atoms with Gasteiger partial charge in [0.2, 0.25) is 0 Å². The lowest BCUT2D eigenvalue weighted by atomic mass is 9.95. The molecule has 80 valence electrons. The second-order valence-electron chi connectivity index (χ2n) is 3.94. The molecule has 4 heteroatoms. The van der Waals surface area contributed by atoms with Gasteiger partial charge < -0.3 is 15.4 Å². The van der Waals surface area contributed by atoms with Crippen LogP contribution in [0.3, 0.4) is 0 Å². The molecule has 14 heavy (non-hydrogen) atoms. The summed E-state index contributed by atoms with van der Waals surface area (Å²) < 4.78 is 5.27. The molecule has 0 bridgehead atoms. The van der Waals surface area contributed by atoms with Crippen LogP contribution in [0.4, 0.5) is 0 Å². The second kappa shape index (κ2) is 5.20. The van der Waals surface area contributed by atoms with Crippen LogP contribution in [0.1, 0.15) is 19.3 Å². The van der Waals surface area contributed by atoms with E-state index >= 15 is 0 Å². The Balaban J connectivity index is 1.57. The van der Waals surface area contributed by atoms with Gasteiger partial charge in [0.1, 0.15) is 6.61 Å². The lowest BCUT2D eigenvalue weighted by Crippen LogP contribution is -2.31. The monoisotopic (exact) mass is 197 g/mol. The Labute approximate surface area is 85.1 Å². The van der Waals surface area contributed by atoms with Gasteiger partial charge in [0.15, 0.2) is 0 Å². The van der Waals surface area contributed by atoms with Crippen LogP contribution in [-0.4, -0.2) is 38.8 Å². The smallest absolute Gasteiger partial charge is 0.284 e. The lowest BCUT2D eigenvalue weighted by molar-refractivity contribution is 0.321. The highest BCUT2D eigenvalue weighted by molar-refractivity contribution is 5.74. The van der Waals surface area contributed by atoms with Crippen LogP contribution < -0.4 is 10.6 Å². The first-order chi connectivity index (χ1) is 6.95. The highest BCUT2D eigenvalue weighted by atomic mass is 16.5. The van der Waals surface area contributed by atoms with E-state index in [0.717, 1.165) is 31.6 Å². The standard InChI is InChI=1S/C10H19N3O/c1-4-11-5-2-9(1)3-6-12-10-13-7-8-14-10/h9,11H,1-8H2,(H,12,13). The van der Waals surface area contributed by atoms with E-state index in [-0.39, 0.29) is 0 Å². The van der Waals surface area contributed by atoms with Gasteiger partial charge in [0.25, 0.3) is 6.02 Å². The molecule has 2 rings (SSSR count). The molecule has 2 aliphatic heterocycles. The predicted molar refractivity (Wildman–Crippen MR) is 56.5 cm³/mol. The van der Waals surface area contributed by atoms with Crippen molar-refractivity contribution in [2.75, 3.05) is 32.8 Å². The Hall–Kier alpha value is -0.770. The minimum Gasteiger partial charge on any atom is -0.463 e. The number of amidine groups is 1. The molecule has 0 aromatic carbocycles. The van der Waals surface area contributed by atoms with Gasteiger partial charge >= 0.3 is 0 Å². The maximum absolute atomic E-state index is 5.27. The predicted octanol–water partition coefficient (Wildman–Crippen LogP) is 0.352. The van der Waals surface area contributed by atoms with Crippen LogP contribution in [0.2, 0.25) is 0 Å². The molecule has 0 saturated carbocycles. The van der Waals surface area contributed by atoms with Crippen molar-refractivity contribution in [1.29, 1.82) is 0 Å². The second-order valence-corrected chi connectivity index (χ2v) is 3.94. The molecule has 0 aromatic heterocycles. The number of piperidine rings is 1. The van der Waals surface area contributed by atoms with Gasteiger partial charge in [-0.3, -0.25) is 0 Å². The molecule has 0 atom stereocenters. The summed E-state index contributed by atoms with van der Waals surface area (Å²) in [6.07, 6.45) is 3.87. The molecule has 0 amide bonds. The number of rotatable bonds is 3. The van der Waals surface area contributed by atoms with E-state index in [1.165, 1.54) is 32.4 Å². The first kappa shape index (κ1) is 9.77. The van der Waals surface area contributed by atoms with Crippen molar-refractivity contribution < 1.29 is 4.74 Å². The average Bonchev–Trinajstić information content (AvgIpc) is 2.72. The Kier molecular flexibility index (Phi) is 3.63. The summed E-state index contributed by atoms with van der Waals surface area (Å²) in [6, 6.07) is 0.749. The zero-order valence-electron chi connectivity index (χ0n) is 8.59. The maximum atomic E-state index is 5.27. The summed E-state index contributed by atoms with van der Waals surface area (Å²) in [5.74, 6) is 0.880. The summed E-state index contributed by atoms with van der Waals surface area (Å²) in [5, 5.41) is 6.61. The van der Waals surface area contributed by atoms with Crippen LogP contribution in [-0.2, 0) is 4.74 Å². The Morgan fingerprint density at radius 3 is 3.00 bits per heavy atom. The van der Waals surface area contributed by atoms with E-state index < -0.39 is 0 Å². The van der Waals surface area contributed by atoms with E-state index in [9.17, 15) is 0 Å². The van der Waals surface area contributed by atoms with E-state index in [2.05, 4.69) is 15.6 Å². The maximum Gasteiger partial charge on any atom is 0.284 e. The summed E-state index contributed by atoms with van der Waals surface area (Å²) in [7, 11) is 0. The van der Waals surface area contributed by atoms with Gasteiger partial charge in [-0.15, -0.1) is 0 Å². The molecule has 2 N–H and O–H groups in total. The van der Waals surface area contributed by atoms with Crippen molar-refractivity contribution in [2.45, 2.75) is 19.3 Å². The van der Waals surface area contributed by atoms with Crippen LogP contribution in [0.25, 0.3) is 0 Å². The topological polar surface area (TPSA) is 45.6 Å². The van der Waals surface area contributed by atoms with Gasteiger partial charge in [0.05, 0.1) is 6.54 Å². The number of hydrogen-bond acceptors (Lipinski definition) is 4. The molecule has 0 unspecified atom stereocenters. The molecule has 1 saturated heterocycles. The highest BCUT2D eigenvalue weighted by Crippen LogP contribution is 2.14. The van der Waals surface area contributed by atoms with Gasteiger partial charge in [0, 0.05) is 6.54 Å². The first-order valence-corrected chi connectivity index (χ1v) is 5.57. The molecule has 4 nitrogen and oxygen atoms in total. The number of hydrogen-bond donors (Lipinski definition) is 2. The molecule has 0 aromatic rings. The minimum atomic E-state index is 0.746. The molecular formula is C10H19N3O. The third-order valence-electron chi connectivity index (χ3n) is 2.87. The fraction of sp³-hybridized carbons (Fsp3) is 0.900. The van der Waals surface area contributed by atoms with Crippen molar-refractivity contribution in [3.8, 4) is 0 Å². The van der Waals surface area contributed by atoms with Gasteiger partial charge in [-0.05, 0) is 38.3 Å². The Morgan fingerprint density at radius 2 is 2.29 bits per heavy atom. The normalized spacial score (nSPS) is 23.0. The third-order valence-corrected chi connectivity index (χ3v) is 2.87. The van der Waals surface area contributed by atoms with E-state index in [1.54, 1.807) is 0 Å². The molecule has 2 aliphatic rings. The number of nitrogens with zero attached hydrogens (tertiary/aromatic N) is 1. The number of nitrogens with one attached hydrogen (secondary N) is 2. The summed E-state index contributed by atoms with van der Waals surface area (Å²) in [6.45, 7) is 4.93. The quantitative estimate of drug-likeness (QED) is 0.686. The van der Waals surface area contributed by atoms with Crippen LogP contribution in [0.5, 0.6) is 0 Å². The first-order valence-electron chi connectivity index (χ1n) is 5.57. The Morgan fingerprint density at radius 1 is 1.43 bits per heavy atom. The summed E-state index contributed by atoms with van der Waals surface area (Å²) in [5.41, 5.74) is 0. The zero-order valence-corrected chi connectivity index (χ0v) is 8.59. The third kappa shape index (κ3) is 2.87. The van der Waals surface area contributed by atoms with Crippen molar-refractivity contribution >= 4 is 6.02 Å². The van der Waals surface area contributed by atoms with Crippen molar-refractivity contribution in [3.63, 3.8) is 0 Å². The molecule has 0 aliphatic carbocycles. The van der Waals surface area contributed by atoms with Gasteiger partial charge in [-0.2, -0.15) is 0 Å². The highest BCUT2D eigenvalue weighted by Gasteiger charge is 2.13. The van der Waals surface area contributed by atoms with Crippen molar-refractivity contribution in [2.24, 2.45) is 10.9 Å². The largest absolute Gasteiger partial charge is 0.463 e. The summed E-state index contributed by atoms with van der Waals surface area (Å²) in [4.78, 5) is 4.19. The molecule has 0 radical (unpaired) electrons. The van der Waals surface area contributed by atoms with E-state index in [0.29, 0.717) is 0 Å². The fourth-order valence-corrected chi connectivity index (χ4v) is 2.00. The van der Waals surface area contributed by atoms with E-state index in [1.807, 2.05) is 0 Å². The number of ether oxygens (including phenoxy) is 1. The van der Waals surface area contributed by atoms with Gasteiger partial charge in [-0.1, -0.05) is 0 Å². The molecular weight excluding hydrogens is 178 g/mol. The summed E-state index contributed by atoms with van der Waals surface area (Å²) >= 11 is 0. The van der Waals surface area contributed by atoms with Gasteiger partial charge in [-0.25, -0.2) is 4.99 Å². The average molecular weight is 197 g/mol. The van der Waals surface area contributed by atoms with Crippen LogP contribution in [0, 0.1) is 5.92 Å². The fourth-order valence-electron chi connectivity index (χ4n) is 2.00. The van der Waals surface area contributed by atoms with Crippen molar-refractivity contribution in [3.05, 3.63) is 0 Å². The minimum absolute atomic E-state index is 0.746. The van der Waals surface area contributed by atoms with Crippen LogP contribution >= 0.6 is 0 Å². The zero-order chi connectivity index (χ0) is 9.64. The lowest BCUT2D eigenvalue weighted by Gasteiger charge is -2.22. The molecule has 0 spiro atoms. The van der Waals surface area contributed by atoms with E-state index in [4.69, 9.17) is 4.74 Å². The molecule has 2 heterocycles. The Bertz CT molecular complexity index is 200. The SMILES string of the molecule is C1COC(NCCC2CCNCC2)=N1.